The van der Waals surface area contributed by atoms with Crippen molar-refractivity contribution in [2.75, 3.05) is 12.8 Å². The van der Waals surface area contributed by atoms with Gasteiger partial charge in [0.1, 0.15) is 0 Å². The lowest BCUT2D eigenvalue weighted by Gasteiger charge is -2.04. The molecule has 0 bridgehead atoms. The zero-order chi connectivity index (χ0) is 14.8. The van der Waals surface area contributed by atoms with E-state index in [0.717, 1.165) is 21.8 Å². The molecule has 3 rings (SSSR count). The van der Waals surface area contributed by atoms with Crippen molar-refractivity contribution >= 4 is 28.5 Å². The molecule has 0 fully saturated rings. The molecule has 108 valence electrons. The van der Waals surface area contributed by atoms with Gasteiger partial charge in [0.15, 0.2) is 16.7 Å². The molecule has 21 heavy (non-hydrogen) atoms. The van der Waals surface area contributed by atoms with Gasteiger partial charge in [-0.2, -0.15) is 0 Å². The molecule has 0 radical (unpaired) electrons. The highest BCUT2D eigenvalue weighted by atomic mass is 32.2. The van der Waals surface area contributed by atoms with Crippen molar-refractivity contribution < 1.29 is 9.13 Å². The number of nitrogen functional groups attached to an aromatic ring is 1. The minimum absolute atomic E-state index is 0.253. The molecule has 0 amide bonds. The van der Waals surface area contributed by atoms with Crippen LogP contribution in [0.1, 0.15) is 5.56 Å². The number of thioether (sulfide) groups is 1. The molecular weight excluding hydrogens is 289 g/mol. The number of rotatable bonds is 4. The van der Waals surface area contributed by atoms with Crippen LogP contribution in [0, 0.1) is 5.82 Å². The van der Waals surface area contributed by atoms with Gasteiger partial charge >= 0.3 is 0 Å². The minimum atomic E-state index is -0.354. The topological polar surface area (TPSA) is 63.9 Å². The molecule has 0 aliphatic carbocycles. The summed E-state index contributed by atoms with van der Waals surface area (Å²) >= 11 is 1.51. The van der Waals surface area contributed by atoms with Crippen molar-refractivity contribution in [3.63, 3.8) is 0 Å². The number of imidazole rings is 1. The average Bonchev–Trinajstić information content (AvgIpc) is 2.87. The van der Waals surface area contributed by atoms with Crippen LogP contribution in [0.5, 0.6) is 5.75 Å². The van der Waals surface area contributed by atoms with Gasteiger partial charge in [-0.15, -0.1) is 0 Å². The number of aromatic nitrogens is 2. The van der Waals surface area contributed by atoms with Gasteiger partial charge in [0.2, 0.25) is 0 Å². The summed E-state index contributed by atoms with van der Waals surface area (Å²) in [7, 11) is 1.45. The molecule has 0 saturated carbocycles. The second-order valence-electron chi connectivity index (χ2n) is 4.58. The summed E-state index contributed by atoms with van der Waals surface area (Å²) in [5.74, 6) is 0.520. The van der Waals surface area contributed by atoms with E-state index in [1.54, 1.807) is 6.07 Å². The number of benzene rings is 2. The molecule has 0 aliphatic rings. The van der Waals surface area contributed by atoms with Gasteiger partial charge in [0.25, 0.3) is 0 Å². The van der Waals surface area contributed by atoms with Crippen LogP contribution in [0.2, 0.25) is 0 Å². The predicted octanol–water partition coefficient (Wildman–Crippen LogP) is 3.59. The molecule has 4 nitrogen and oxygen atoms in total. The maximum atomic E-state index is 13.6. The van der Waals surface area contributed by atoms with Gasteiger partial charge < -0.3 is 15.5 Å². The first-order valence-electron chi connectivity index (χ1n) is 6.36. The number of halogens is 1. The molecule has 0 unspecified atom stereocenters. The lowest BCUT2D eigenvalue weighted by atomic mass is 10.2. The Balaban J connectivity index is 1.75. The Labute approximate surface area is 125 Å². The Morgan fingerprint density at radius 2 is 2.14 bits per heavy atom. The minimum Gasteiger partial charge on any atom is -0.494 e. The number of fused-ring (bicyclic) bond motifs is 1. The van der Waals surface area contributed by atoms with Crippen molar-refractivity contribution in [3.05, 3.63) is 47.8 Å². The molecule has 2 aromatic carbocycles. The third-order valence-corrected chi connectivity index (χ3v) is 4.02. The Kier molecular flexibility index (Phi) is 3.70. The van der Waals surface area contributed by atoms with Crippen molar-refractivity contribution in [1.29, 1.82) is 0 Å². The average molecular weight is 303 g/mol. The maximum Gasteiger partial charge on any atom is 0.166 e. The smallest absolute Gasteiger partial charge is 0.166 e. The van der Waals surface area contributed by atoms with Crippen LogP contribution in [0.25, 0.3) is 11.0 Å². The summed E-state index contributed by atoms with van der Waals surface area (Å²) in [5.41, 5.74) is 9.07. The summed E-state index contributed by atoms with van der Waals surface area (Å²) in [6, 6.07) is 10.5. The van der Waals surface area contributed by atoms with Gasteiger partial charge in [-0.05, 0) is 35.9 Å². The largest absolute Gasteiger partial charge is 0.494 e. The molecule has 1 heterocycles. The molecule has 0 aliphatic heterocycles. The molecule has 3 N–H and O–H groups in total. The van der Waals surface area contributed by atoms with E-state index in [1.807, 2.05) is 24.3 Å². The van der Waals surface area contributed by atoms with E-state index in [-0.39, 0.29) is 11.6 Å². The maximum absolute atomic E-state index is 13.6. The van der Waals surface area contributed by atoms with Crippen LogP contribution in [0.3, 0.4) is 0 Å². The van der Waals surface area contributed by atoms with Gasteiger partial charge in [-0.25, -0.2) is 9.37 Å². The van der Waals surface area contributed by atoms with Gasteiger partial charge in [-0.3, -0.25) is 0 Å². The van der Waals surface area contributed by atoms with E-state index in [1.165, 1.54) is 24.9 Å². The van der Waals surface area contributed by atoms with E-state index in [0.29, 0.717) is 11.4 Å². The fourth-order valence-corrected chi connectivity index (χ4v) is 2.85. The molecule has 0 atom stereocenters. The number of nitrogens with two attached hydrogens (primary N) is 1. The van der Waals surface area contributed by atoms with E-state index >= 15 is 0 Å². The molecule has 0 saturated heterocycles. The normalized spacial score (nSPS) is 11.0. The Morgan fingerprint density at radius 3 is 2.90 bits per heavy atom. The Bertz CT molecular complexity index is 788. The zero-order valence-electron chi connectivity index (χ0n) is 11.4. The first-order valence-corrected chi connectivity index (χ1v) is 7.35. The highest BCUT2D eigenvalue weighted by molar-refractivity contribution is 7.98. The zero-order valence-corrected chi connectivity index (χ0v) is 12.2. The van der Waals surface area contributed by atoms with Crippen molar-refractivity contribution in [3.8, 4) is 5.75 Å². The fourth-order valence-electron chi connectivity index (χ4n) is 2.02. The van der Waals surface area contributed by atoms with Crippen LogP contribution in [0.4, 0.5) is 10.1 Å². The molecule has 6 heteroatoms. The number of aromatic amines is 1. The van der Waals surface area contributed by atoms with Crippen LogP contribution in [0.15, 0.2) is 41.6 Å². The second-order valence-corrected chi connectivity index (χ2v) is 5.54. The van der Waals surface area contributed by atoms with Crippen LogP contribution >= 0.6 is 11.8 Å². The van der Waals surface area contributed by atoms with E-state index in [4.69, 9.17) is 10.5 Å². The van der Waals surface area contributed by atoms with Crippen LogP contribution in [-0.4, -0.2) is 17.1 Å². The first kappa shape index (κ1) is 13.8. The molecule has 0 spiro atoms. The monoisotopic (exact) mass is 303 g/mol. The number of H-pyrrole nitrogens is 1. The number of hydrogen-bond acceptors (Lipinski definition) is 4. The second kappa shape index (κ2) is 5.65. The van der Waals surface area contributed by atoms with Crippen molar-refractivity contribution in [2.24, 2.45) is 0 Å². The Morgan fingerprint density at radius 1 is 1.29 bits per heavy atom. The highest BCUT2D eigenvalue weighted by Gasteiger charge is 2.07. The van der Waals surface area contributed by atoms with E-state index in [9.17, 15) is 4.39 Å². The number of ether oxygens (including phenoxy) is 1. The summed E-state index contributed by atoms with van der Waals surface area (Å²) in [6.07, 6.45) is 0. The highest BCUT2D eigenvalue weighted by Crippen LogP contribution is 2.26. The third-order valence-electron chi connectivity index (χ3n) is 3.08. The number of hydrogen-bond donors (Lipinski definition) is 2. The van der Waals surface area contributed by atoms with Gasteiger partial charge in [0, 0.05) is 11.4 Å². The first-order chi connectivity index (χ1) is 10.2. The summed E-state index contributed by atoms with van der Waals surface area (Å²) < 4.78 is 18.5. The van der Waals surface area contributed by atoms with E-state index in [2.05, 4.69) is 9.97 Å². The summed E-state index contributed by atoms with van der Waals surface area (Å²) in [5, 5.41) is 0.784. The number of methoxy groups -OCH3 is 1. The molecular formula is C15H14FN3OS. The van der Waals surface area contributed by atoms with Gasteiger partial charge in [0.05, 0.1) is 18.1 Å². The SMILES string of the molecule is COc1ccc(CSc2nc3ccc(N)cc3[nH]2)cc1F. The number of nitrogens with zero attached hydrogens (tertiary/aromatic N) is 1. The van der Waals surface area contributed by atoms with Gasteiger partial charge in [-0.1, -0.05) is 17.8 Å². The number of anilines is 1. The number of nitrogens with one attached hydrogen (secondary N) is 1. The molecule has 3 aromatic rings. The van der Waals surface area contributed by atoms with Crippen molar-refractivity contribution in [2.45, 2.75) is 10.9 Å². The van der Waals surface area contributed by atoms with E-state index < -0.39 is 0 Å². The van der Waals surface area contributed by atoms with Crippen LogP contribution in [-0.2, 0) is 5.75 Å². The Hall–Kier alpha value is -2.21. The summed E-state index contributed by atoms with van der Waals surface area (Å²) in [4.78, 5) is 7.66. The predicted molar refractivity (Wildman–Crippen MR) is 83.0 cm³/mol. The van der Waals surface area contributed by atoms with Crippen molar-refractivity contribution in [1.82, 2.24) is 9.97 Å². The lowest BCUT2D eigenvalue weighted by Crippen LogP contribution is -1.90. The summed E-state index contributed by atoms with van der Waals surface area (Å²) in [6.45, 7) is 0. The quantitative estimate of drug-likeness (QED) is 0.571. The van der Waals surface area contributed by atoms with Crippen LogP contribution < -0.4 is 10.5 Å². The lowest BCUT2D eigenvalue weighted by molar-refractivity contribution is 0.386. The standard InChI is InChI=1S/C15H14FN3OS/c1-20-14-5-2-9(6-11(14)16)8-21-15-18-12-4-3-10(17)7-13(12)19-15/h2-7H,8,17H2,1H3,(H,18,19). The third kappa shape index (κ3) is 2.95. The molecule has 1 aromatic heterocycles. The fraction of sp³-hybridized carbons (Fsp3) is 0.133.